The number of carboxylic acid groups (broad SMARTS) is 1. The van der Waals surface area contributed by atoms with E-state index in [1.165, 1.54) is 0 Å². The van der Waals surface area contributed by atoms with E-state index in [4.69, 9.17) is 15.9 Å². The molecule has 0 fully saturated rings. The number of nitrogens with two attached hydrogens (primary N) is 1. The second kappa shape index (κ2) is 5.12. The third-order valence-electron chi connectivity index (χ3n) is 1.77. The van der Waals surface area contributed by atoms with Crippen LogP contribution < -0.4 is 16.5 Å². The van der Waals surface area contributed by atoms with Crippen molar-refractivity contribution in [2.75, 3.05) is 13.1 Å². The number of hydrogen-bond acceptors (Lipinski definition) is 6. The molecule has 0 aliphatic rings. The van der Waals surface area contributed by atoms with Crippen LogP contribution >= 0.6 is 0 Å². The maximum atomic E-state index is 11.4. The van der Waals surface area contributed by atoms with Gasteiger partial charge in [0.25, 0.3) is 11.7 Å². The summed E-state index contributed by atoms with van der Waals surface area (Å²) < 4.78 is 4.61. The quantitative estimate of drug-likeness (QED) is 0.515. The lowest BCUT2D eigenvalue weighted by molar-refractivity contribution is 0.0649. The molecule has 0 atom stereocenters. The van der Waals surface area contributed by atoms with Crippen molar-refractivity contribution >= 4 is 11.9 Å². The van der Waals surface area contributed by atoms with Crippen LogP contribution in [0.4, 0.5) is 0 Å². The summed E-state index contributed by atoms with van der Waals surface area (Å²) in [5.74, 6) is -4.95. The Bertz CT molecular complexity index is 507. The highest BCUT2D eigenvalue weighted by Crippen LogP contribution is 2.13. The number of carboxylic acids is 1. The van der Waals surface area contributed by atoms with E-state index in [9.17, 15) is 14.4 Å². The zero-order chi connectivity index (χ0) is 13.0. The van der Waals surface area contributed by atoms with Gasteiger partial charge in [-0.2, -0.15) is 0 Å². The number of aromatic hydroxyl groups is 1. The van der Waals surface area contributed by atoms with Crippen LogP contribution in [-0.2, 0) is 0 Å². The largest absolute Gasteiger partial charge is 0.501 e. The van der Waals surface area contributed by atoms with Gasteiger partial charge in [0.1, 0.15) is 0 Å². The van der Waals surface area contributed by atoms with E-state index in [1.54, 1.807) is 0 Å². The first-order valence-electron chi connectivity index (χ1n) is 4.56. The van der Waals surface area contributed by atoms with Crippen LogP contribution in [0, 0.1) is 0 Å². The number of carbonyl (C=O) groups excluding carboxylic acids is 1. The Morgan fingerprint density at radius 3 is 2.65 bits per heavy atom. The van der Waals surface area contributed by atoms with Gasteiger partial charge in [-0.25, -0.2) is 4.79 Å². The van der Waals surface area contributed by atoms with Crippen LogP contribution in [0.5, 0.6) is 5.75 Å². The smallest absolute Gasteiger partial charge is 0.375 e. The van der Waals surface area contributed by atoms with Crippen LogP contribution in [0.15, 0.2) is 15.3 Å². The minimum atomic E-state index is -1.65. The molecule has 0 bridgehead atoms. The monoisotopic (exact) mass is 242 g/mol. The minimum Gasteiger partial charge on any atom is -0.501 e. The molecule has 5 N–H and O–H groups in total. The number of rotatable bonds is 4. The maximum absolute atomic E-state index is 11.4. The predicted molar refractivity (Wildman–Crippen MR) is 55.0 cm³/mol. The van der Waals surface area contributed by atoms with Crippen LogP contribution in [0.2, 0.25) is 0 Å². The van der Waals surface area contributed by atoms with Crippen molar-refractivity contribution in [2.24, 2.45) is 5.73 Å². The molecular weight excluding hydrogens is 232 g/mol. The molecule has 1 amide bonds. The third-order valence-corrected chi connectivity index (χ3v) is 1.77. The van der Waals surface area contributed by atoms with E-state index in [0.29, 0.717) is 6.07 Å². The minimum absolute atomic E-state index is 0.145. The maximum Gasteiger partial charge on any atom is 0.375 e. The zero-order valence-corrected chi connectivity index (χ0v) is 8.60. The molecule has 0 aliphatic heterocycles. The standard InChI is InChI=1S/C9H10N2O6/c10-1-2-11-8(14)5-3-4(12)6(13)7(17-5)9(15)16/h3,13H,1-2,10H2,(H,11,14)(H,15,16). The van der Waals surface area contributed by atoms with Crippen LogP contribution in [0.3, 0.4) is 0 Å². The molecule has 8 heteroatoms. The van der Waals surface area contributed by atoms with Crippen LogP contribution in [-0.4, -0.2) is 35.2 Å². The fraction of sp³-hybridized carbons (Fsp3) is 0.222. The summed E-state index contributed by atoms with van der Waals surface area (Å²) in [6.45, 7) is 0.325. The van der Waals surface area contributed by atoms with Gasteiger partial charge in [-0.1, -0.05) is 0 Å². The predicted octanol–water partition coefficient (Wildman–Crippen LogP) is -1.27. The molecule has 1 aromatic heterocycles. The Hall–Kier alpha value is -2.35. The fourth-order valence-corrected chi connectivity index (χ4v) is 1.02. The molecule has 0 unspecified atom stereocenters. The number of aromatic carboxylic acids is 1. The second-order valence-corrected chi connectivity index (χ2v) is 3.00. The highest BCUT2D eigenvalue weighted by atomic mass is 16.4. The number of hydrogen-bond donors (Lipinski definition) is 4. The van der Waals surface area contributed by atoms with Crippen molar-refractivity contribution in [3.05, 3.63) is 27.8 Å². The van der Waals surface area contributed by atoms with E-state index in [0.717, 1.165) is 0 Å². The highest BCUT2D eigenvalue weighted by molar-refractivity contribution is 5.93. The summed E-state index contributed by atoms with van der Waals surface area (Å²) in [5, 5.41) is 20.0. The summed E-state index contributed by atoms with van der Waals surface area (Å²) in [5.41, 5.74) is 4.14. The van der Waals surface area contributed by atoms with Crippen molar-refractivity contribution in [3.63, 3.8) is 0 Å². The molecule has 1 aromatic rings. The van der Waals surface area contributed by atoms with Gasteiger partial charge < -0.3 is 25.7 Å². The molecule has 0 spiro atoms. The van der Waals surface area contributed by atoms with Gasteiger partial charge in [0.05, 0.1) is 0 Å². The Kier molecular flexibility index (Phi) is 3.83. The van der Waals surface area contributed by atoms with Crippen molar-refractivity contribution in [2.45, 2.75) is 0 Å². The van der Waals surface area contributed by atoms with Gasteiger partial charge in [-0.15, -0.1) is 0 Å². The Morgan fingerprint density at radius 2 is 2.12 bits per heavy atom. The van der Waals surface area contributed by atoms with Gasteiger partial charge in [-0.05, 0) is 0 Å². The van der Waals surface area contributed by atoms with Gasteiger partial charge in [0.15, 0.2) is 5.76 Å². The summed E-state index contributed by atoms with van der Waals surface area (Å²) >= 11 is 0. The van der Waals surface area contributed by atoms with Gasteiger partial charge >= 0.3 is 5.97 Å². The summed E-state index contributed by atoms with van der Waals surface area (Å²) in [4.78, 5) is 33.2. The number of carbonyl (C=O) groups is 2. The Morgan fingerprint density at radius 1 is 1.47 bits per heavy atom. The first-order chi connectivity index (χ1) is 7.97. The Balaban J connectivity index is 3.15. The average molecular weight is 242 g/mol. The normalized spacial score (nSPS) is 9.94. The van der Waals surface area contributed by atoms with E-state index in [-0.39, 0.29) is 13.1 Å². The van der Waals surface area contributed by atoms with Gasteiger partial charge in [-0.3, -0.25) is 9.59 Å². The zero-order valence-electron chi connectivity index (χ0n) is 8.60. The number of nitrogens with one attached hydrogen (secondary N) is 1. The summed E-state index contributed by atoms with van der Waals surface area (Å²) in [6.07, 6.45) is 0. The average Bonchev–Trinajstić information content (AvgIpc) is 2.28. The Labute approximate surface area is 94.7 Å². The van der Waals surface area contributed by atoms with E-state index in [2.05, 4.69) is 9.73 Å². The third kappa shape index (κ3) is 2.82. The second-order valence-electron chi connectivity index (χ2n) is 3.00. The molecule has 0 aliphatic carbocycles. The molecule has 92 valence electrons. The van der Waals surface area contributed by atoms with Crippen molar-refractivity contribution < 1.29 is 24.2 Å². The molecule has 0 aromatic carbocycles. The van der Waals surface area contributed by atoms with Crippen LogP contribution in [0.1, 0.15) is 21.1 Å². The lowest BCUT2D eigenvalue weighted by Crippen LogP contribution is -2.29. The van der Waals surface area contributed by atoms with E-state index < -0.39 is 34.6 Å². The molecular formula is C9H10N2O6. The topological polar surface area (TPSA) is 143 Å². The van der Waals surface area contributed by atoms with E-state index >= 15 is 0 Å². The van der Waals surface area contributed by atoms with Gasteiger partial charge in [0, 0.05) is 19.2 Å². The molecule has 17 heavy (non-hydrogen) atoms. The molecule has 0 saturated carbocycles. The highest BCUT2D eigenvalue weighted by Gasteiger charge is 2.20. The van der Waals surface area contributed by atoms with Crippen LogP contribution in [0.25, 0.3) is 0 Å². The summed E-state index contributed by atoms with van der Waals surface area (Å²) in [6, 6.07) is 0.702. The molecule has 1 heterocycles. The SMILES string of the molecule is NCCNC(=O)c1cc(=O)c(O)c(C(=O)O)o1. The van der Waals surface area contributed by atoms with Gasteiger partial charge in [0.2, 0.25) is 11.2 Å². The lowest BCUT2D eigenvalue weighted by Gasteiger charge is -2.04. The summed E-state index contributed by atoms with van der Waals surface area (Å²) in [7, 11) is 0. The molecule has 0 radical (unpaired) electrons. The first-order valence-corrected chi connectivity index (χ1v) is 4.56. The molecule has 8 nitrogen and oxygen atoms in total. The molecule has 0 saturated heterocycles. The first kappa shape index (κ1) is 12.7. The lowest BCUT2D eigenvalue weighted by atomic mass is 10.3. The van der Waals surface area contributed by atoms with Crippen molar-refractivity contribution in [1.82, 2.24) is 5.32 Å². The van der Waals surface area contributed by atoms with E-state index in [1.807, 2.05) is 0 Å². The van der Waals surface area contributed by atoms with Crippen molar-refractivity contribution in [3.8, 4) is 5.75 Å². The molecule has 1 rings (SSSR count). The van der Waals surface area contributed by atoms with Crippen molar-refractivity contribution in [1.29, 1.82) is 0 Å². The fourth-order valence-electron chi connectivity index (χ4n) is 1.02. The number of amides is 1.